The van der Waals surface area contributed by atoms with Crippen molar-refractivity contribution in [3.63, 3.8) is 0 Å². The number of carboxylic acids is 1. The van der Waals surface area contributed by atoms with E-state index in [-0.39, 0.29) is 17.7 Å². The van der Waals surface area contributed by atoms with Crippen molar-refractivity contribution in [1.82, 2.24) is 5.32 Å². The third-order valence-electron chi connectivity index (χ3n) is 2.69. The first-order valence-corrected chi connectivity index (χ1v) is 6.47. The Balaban J connectivity index is 2.87. The molecule has 0 fully saturated rings. The van der Waals surface area contributed by atoms with E-state index in [0.717, 1.165) is 0 Å². The third-order valence-corrected chi connectivity index (χ3v) is 2.69. The molecule has 7 heteroatoms. The van der Waals surface area contributed by atoms with Gasteiger partial charge in [0.2, 0.25) is 0 Å². The summed E-state index contributed by atoms with van der Waals surface area (Å²) >= 11 is 0. The van der Waals surface area contributed by atoms with Gasteiger partial charge in [-0.15, -0.1) is 0 Å². The molecule has 1 aromatic carbocycles. The van der Waals surface area contributed by atoms with Gasteiger partial charge in [-0.3, -0.25) is 9.59 Å². The van der Waals surface area contributed by atoms with Gasteiger partial charge in [0.25, 0.3) is 5.91 Å². The van der Waals surface area contributed by atoms with Gasteiger partial charge in [0.15, 0.2) is 0 Å². The highest BCUT2D eigenvalue weighted by atomic mass is 16.5. The Labute approximate surface area is 122 Å². The van der Waals surface area contributed by atoms with Gasteiger partial charge in [0.05, 0.1) is 5.56 Å². The summed E-state index contributed by atoms with van der Waals surface area (Å²) in [5.41, 5.74) is 5.44. The first-order valence-electron chi connectivity index (χ1n) is 6.47. The molecule has 0 saturated carbocycles. The number of carboxylic acid groups (broad SMARTS) is 1. The molecule has 1 atom stereocenters. The Morgan fingerprint density at radius 3 is 2.57 bits per heavy atom. The fourth-order valence-corrected chi connectivity index (χ4v) is 1.71. The van der Waals surface area contributed by atoms with Gasteiger partial charge in [-0.05, 0) is 31.5 Å². The average Bonchev–Trinajstić information content (AvgIpc) is 2.42. The van der Waals surface area contributed by atoms with Gasteiger partial charge < -0.3 is 20.9 Å². The van der Waals surface area contributed by atoms with Crippen LogP contribution in [0.25, 0.3) is 0 Å². The largest absolute Gasteiger partial charge is 0.480 e. The normalized spacial score (nSPS) is 11.5. The molecule has 0 radical (unpaired) electrons. The van der Waals surface area contributed by atoms with Crippen LogP contribution in [0, 0.1) is 0 Å². The quantitative estimate of drug-likeness (QED) is 0.498. The van der Waals surface area contributed by atoms with Crippen LogP contribution in [0.5, 0.6) is 5.75 Å². The van der Waals surface area contributed by atoms with E-state index < -0.39 is 23.9 Å². The Morgan fingerprint density at radius 1 is 1.33 bits per heavy atom. The average molecular weight is 294 g/mol. The lowest BCUT2D eigenvalue weighted by Gasteiger charge is -2.15. The second kappa shape index (κ2) is 8.01. The number of aliphatic carboxylic acids is 1. The molecule has 0 aliphatic rings. The minimum absolute atomic E-state index is 0.0884. The summed E-state index contributed by atoms with van der Waals surface area (Å²) in [4.78, 5) is 34.2. The summed E-state index contributed by atoms with van der Waals surface area (Å²) in [5, 5.41) is 11.5. The van der Waals surface area contributed by atoms with E-state index in [2.05, 4.69) is 5.32 Å². The number of carbonyl (C=O) groups is 3. The highest BCUT2D eigenvalue weighted by Gasteiger charge is 2.22. The number of para-hydroxylation sites is 1. The molecular formula is C14H18N2O5. The van der Waals surface area contributed by atoms with Crippen LogP contribution in [0.4, 0.5) is 0 Å². The van der Waals surface area contributed by atoms with Gasteiger partial charge in [-0.25, -0.2) is 4.79 Å². The van der Waals surface area contributed by atoms with E-state index in [4.69, 9.17) is 15.6 Å². The molecule has 114 valence electrons. The number of carbonyl (C=O) groups excluding carboxylic acids is 2. The number of nitrogens with one attached hydrogen (secondary N) is 1. The molecule has 4 N–H and O–H groups in total. The minimum atomic E-state index is -1.14. The molecule has 0 saturated heterocycles. The number of hydrogen-bond acceptors (Lipinski definition) is 5. The lowest BCUT2D eigenvalue weighted by Crippen LogP contribution is -2.41. The van der Waals surface area contributed by atoms with E-state index >= 15 is 0 Å². The van der Waals surface area contributed by atoms with Gasteiger partial charge >= 0.3 is 11.9 Å². The summed E-state index contributed by atoms with van der Waals surface area (Å²) in [6.07, 6.45) is 0.705. The molecule has 21 heavy (non-hydrogen) atoms. The Bertz CT molecular complexity index is 530. The summed E-state index contributed by atoms with van der Waals surface area (Å²) < 4.78 is 4.92. The number of amides is 1. The molecule has 1 aromatic rings. The second-order valence-electron chi connectivity index (χ2n) is 4.38. The van der Waals surface area contributed by atoms with Crippen molar-refractivity contribution in [3.05, 3.63) is 29.8 Å². The lowest BCUT2D eigenvalue weighted by molar-refractivity contribution is -0.139. The highest BCUT2D eigenvalue weighted by Crippen LogP contribution is 2.18. The molecule has 0 spiro atoms. The molecular weight excluding hydrogens is 276 g/mol. The van der Waals surface area contributed by atoms with Crippen LogP contribution in [0.15, 0.2) is 24.3 Å². The molecule has 0 aromatic heterocycles. The van der Waals surface area contributed by atoms with Crippen molar-refractivity contribution in [2.45, 2.75) is 25.8 Å². The fourth-order valence-electron chi connectivity index (χ4n) is 1.71. The van der Waals surface area contributed by atoms with Crippen molar-refractivity contribution in [2.24, 2.45) is 5.73 Å². The van der Waals surface area contributed by atoms with Gasteiger partial charge in [-0.1, -0.05) is 12.1 Å². The molecule has 0 heterocycles. The summed E-state index contributed by atoms with van der Waals surface area (Å²) in [7, 11) is 0. The number of ether oxygens (including phenoxy) is 1. The maximum atomic E-state index is 12.1. The van der Waals surface area contributed by atoms with Crippen molar-refractivity contribution in [1.29, 1.82) is 0 Å². The van der Waals surface area contributed by atoms with Gasteiger partial charge in [0, 0.05) is 6.92 Å². The van der Waals surface area contributed by atoms with Crippen molar-refractivity contribution in [2.75, 3.05) is 6.54 Å². The maximum absolute atomic E-state index is 12.1. The zero-order chi connectivity index (χ0) is 15.8. The predicted molar refractivity (Wildman–Crippen MR) is 74.9 cm³/mol. The fraction of sp³-hybridized carbons (Fsp3) is 0.357. The second-order valence-corrected chi connectivity index (χ2v) is 4.38. The van der Waals surface area contributed by atoms with E-state index in [1.807, 2.05) is 0 Å². The van der Waals surface area contributed by atoms with Crippen LogP contribution in [0.2, 0.25) is 0 Å². The van der Waals surface area contributed by atoms with Crippen molar-refractivity contribution < 1.29 is 24.2 Å². The Hall–Kier alpha value is -2.41. The monoisotopic (exact) mass is 294 g/mol. The number of nitrogens with two attached hydrogens (primary N) is 1. The summed E-state index contributed by atoms with van der Waals surface area (Å²) in [6, 6.07) is 5.09. The SMILES string of the molecule is CC(=O)Oc1ccccc1C(=O)NC(CCCN)C(=O)O. The Morgan fingerprint density at radius 2 is 2.00 bits per heavy atom. The number of hydrogen-bond donors (Lipinski definition) is 3. The maximum Gasteiger partial charge on any atom is 0.326 e. The summed E-state index contributed by atoms with van der Waals surface area (Å²) in [6.45, 7) is 1.56. The molecule has 0 aliphatic heterocycles. The molecule has 1 amide bonds. The van der Waals surface area contributed by atoms with E-state index in [1.54, 1.807) is 12.1 Å². The van der Waals surface area contributed by atoms with Crippen LogP contribution in [0.1, 0.15) is 30.1 Å². The van der Waals surface area contributed by atoms with E-state index in [9.17, 15) is 14.4 Å². The molecule has 0 aliphatic carbocycles. The van der Waals surface area contributed by atoms with Crippen LogP contribution >= 0.6 is 0 Å². The number of rotatable bonds is 7. The zero-order valence-corrected chi connectivity index (χ0v) is 11.7. The van der Waals surface area contributed by atoms with Gasteiger partial charge in [0.1, 0.15) is 11.8 Å². The lowest BCUT2D eigenvalue weighted by atomic mass is 10.1. The highest BCUT2D eigenvalue weighted by molar-refractivity contribution is 5.99. The van der Waals surface area contributed by atoms with Gasteiger partial charge in [-0.2, -0.15) is 0 Å². The predicted octanol–water partition coefficient (Wildman–Crippen LogP) is 0.534. The minimum Gasteiger partial charge on any atom is -0.480 e. The van der Waals surface area contributed by atoms with Crippen molar-refractivity contribution >= 4 is 17.8 Å². The van der Waals surface area contributed by atoms with Crippen LogP contribution in [0.3, 0.4) is 0 Å². The first-order chi connectivity index (χ1) is 9.95. The molecule has 1 unspecified atom stereocenters. The Kier molecular flexibility index (Phi) is 6.35. The van der Waals surface area contributed by atoms with Crippen molar-refractivity contribution in [3.8, 4) is 5.75 Å². The van der Waals surface area contributed by atoms with Crippen LogP contribution in [-0.2, 0) is 9.59 Å². The number of esters is 1. The van der Waals surface area contributed by atoms with E-state index in [1.165, 1.54) is 19.1 Å². The molecule has 0 bridgehead atoms. The molecule has 1 rings (SSSR count). The van der Waals surface area contributed by atoms with Crippen LogP contribution in [-0.4, -0.2) is 35.5 Å². The zero-order valence-electron chi connectivity index (χ0n) is 11.7. The van der Waals surface area contributed by atoms with E-state index in [0.29, 0.717) is 13.0 Å². The smallest absolute Gasteiger partial charge is 0.326 e. The standard InChI is InChI=1S/C14H18N2O5/c1-9(17)21-12-7-3-2-5-10(12)13(18)16-11(14(19)20)6-4-8-15/h2-3,5,7,11H,4,6,8,15H2,1H3,(H,16,18)(H,19,20). The first kappa shape index (κ1) is 16.6. The third kappa shape index (κ3) is 5.23. The topological polar surface area (TPSA) is 119 Å². The number of benzene rings is 1. The summed E-state index contributed by atoms with van der Waals surface area (Å²) in [5.74, 6) is -2.23. The molecule has 7 nitrogen and oxygen atoms in total. The van der Waals surface area contributed by atoms with Crippen LogP contribution < -0.4 is 15.8 Å².